The quantitative estimate of drug-likeness (QED) is 0.725. The lowest BCUT2D eigenvalue weighted by atomic mass is 10.0. The van der Waals surface area contributed by atoms with Crippen LogP contribution in [0.4, 0.5) is 4.39 Å². The number of carbonyl (C=O) groups is 1. The molecular formula is C11H20FN3O2. The number of piperidine rings is 1. The molecule has 0 aromatic heterocycles. The number of carbonyl (C=O) groups excluding carboxylic acids is 1. The van der Waals surface area contributed by atoms with Crippen molar-refractivity contribution in [1.82, 2.24) is 15.8 Å². The fraction of sp³-hybridized carbons (Fsp3) is 0.909. The number of nitrogens with zero attached hydrogens (tertiary/aromatic N) is 1. The Hall–Kier alpha value is -0.720. The Morgan fingerprint density at radius 1 is 1.53 bits per heavy atom. The predicted molar refractivity (Wildman–Crippen MR) is 61.1 cm³/mol. The molecule has 0 aromatic carbocycles. The van der Waals surface area contributed by atoms with Crippen LogP contribution in [0.1, 0.15) is 19.3 Å². The molecule has 5 nitrogen and oxygen atoms in total. The van der Waals surface area contributed by atoms with Gasteiger partial charge in [-0.25, -0.2) is 4.39 Å². The number of amides is 1. The molecule has 2 N–H and O–H groups in total. The van der Waals surface area contributed by atoms with E-state index in [4.69, 9.17) is 4.74 Å². The fourth-order valence-electron chi connectivity index (χ4n) is 2.40. The molecule has 98 valence electrons. The van der Waals surface area contributed by atoms with Gasteiger partial charge in [0.2, 0.25) is 5.91 Å². The van der Waals surface area contributed by atoms with E-state index in [9.17, 15) is 9.18 Å². The third-order valence-corrected chi connectivity index (χ3v) is 3.48. The molecule has 0 bridgehead atoms. The van der Waals surface area contributed by atoms with Crippen molar-refractivity contribution in [3.8, 4) is 0 Å². The summed E-state index contributed by atoms with van der Waals surface area (Å²) in [5, 5.41) is 0. The normalized spacial score (nSPS) is 34.0. The van der Waals surface area contributed by atoms with Crippen molar-refractivity contribution in [1.29, 1.82) is 0 Å². The second-order valence-corrected chi connectivity index (χ2v) is 4.68. The lowest BCUT2D eigenvalue weighted by molar-refractivity contribution is -0.136. The maximum atomic E-state index is 13.6. The molecule has 3 atom stereocenters. The lowest BCUT2D eigenvalue weighted by Gasteiger charge is -2.34. The molecule has 2 aliphatic rings. The topological polar surface area (TPSA) is 53.6 Å². The van der Waals surface area contributed by atoms with Crippen LogP contribution in [0.2, 0.25) is 0 Å². The van der Waals surface area contributed by atoms with Crippen LogP contribution in [0.25, 0.3) is 0 Å². The number of methoxy groups -OCH3 is 1. The van der Waals surface area contributed by atoms with Gasteiger partial charge in [-0.3, -0.25) is 15.6 Å². The van der Waals surface area contributed by atoms with Gasteiger partial charge < -0.3 is 9.64 Å². The summed E-state index contributed by atoms with van der Waals surface area (Å²) in [7, 11) is 1.52. The van der Waals surface area contributed by atoms with Crippen molar-refractivity contribution in [3.63, 3.8) is 0 Å². The molecule has 1 unspecified atom stereocenters. The van der Waals surface area contributed by atoms with E-state index in [0.29, 0.717) is 19.4 Å². The molecule has 2 aliphatic heterocycles. The van der Waals surface area contributed by atoms with Gasteiger partial charge >= 0.3 is 0 Å². The third kappa shape index (κ3) is 3.14. The second kappa shape index (κ2) is 5.75. The van der Waals surface area contributed by atoms with E-state index in [0.717, 1.165) is 13.0 Å². The van der Waals surface area contributed by atoms with E-state index in [1.54, 1.807) is 4.90 Å². The summed E-state index contributed by atoms with van der Waals surface area (Å²) in [6, 6.07) is 0.181. The molecule has 0 radical (unpaired) electrons. The molecule has 17 heavy (non-hydrogen) atoms. The lowest BCUT2D eigenvalue weighted by Crippen LogP contribution is -2.49. The van der Waals surface area contributed by atoms with Crippen LogP contribution < -0.4 is 10.9 Å². The van der Waals surface area contributed by atoms with Crippen molar-refractivity contribution in [2.24, 2.45) is 0 Å². The Balaban J connectivity index is 1.80. The van der Waals surface area contributed by atoms with E-state index < -0.39 is 6.17 Å². The Kier molecular flexibility index (Phi) is 4.31. The molecule has 2 rings (SSSR count). The summed E-state index contributed by atoms with van der Waals surface area (Å²) in [6.07, 6.45) is 0.550. The maximum absolute atomic E-state index is 13.6. The van der Waals surface area contributed by atoms with Crippen molar-refractivity contribution < 1.29 is 13.9 Å². The molecule has 0 saturated carbocycles. The van der Waals surface area contributed by atoms with E-state index >= 15 is 0 Å². The van der Waals surface area contributed by atoms with Gasteiger partial charge in [-0.05, 0) is 12.8 Å². The number of rotatable bonds is 3. The maximum Gasteiger partial charge on any atom is 0.224 e. The Morgan fingerprint density at radius 2 is 2.35 bits per heavy atom. The zero-order valence-corrected chi connectivity index (χ0v) is 10.1. The minimum Gasteiger partial charge on any atom is -0.378 e. The molecule has 2 heterocycles. The average molecular weight is 245 g/mol. The first-order valence-corrected chi connectivity index (χ1v) is 6.13. The Labute approximate surface area is 101 Å². The number of halogens is 1. The van der Waals surface area contributed by atoms with Gasteiger partial charge in [0.25, 0.3) is 0 Å². The SMILES string of the molecule is CO[C@H]1CCN(C(=O)CC2CCNN2)C[C@H]1F. The van der Waals surface area contributed by atoms with Crippen LogP contribution >= 0.6 is 0 Å². The van der Waals surface area contributed by atoms with E-state index in [-0.39, 0.29) is 24.6 Å². The van der Waals surface area contributed by atoms with Gasteiger partial charge in [-0.2, -0.15) is 0 Å². The highest BCUT2D eigenvalue weighted by molar-refractivity contribution is 5.77. The van der Waals surface area contributed by atoms with E-state index in [2.05, 4.69) is 10.9 Å². The van der Waals surface area contributed by atoms with Gasteiger partial charge in [0, 0.05) is 32.7 Å². The first kappa shape index (κ1) is 12.7. The number of ether oxygens (including phenoxy) is 1. The van der Waals surface area contributed by atoms with Crippen LogP contribution in [0.5, 0.6) is 0 Å². The highest BCUT2D eigenvalue weighted by Gasteiger charge is 2.32. The molecular weight excluding hydrogens is 225 g/mol. The predicted octanol–water partition coefficient (Wildman–Crippen LogP) is -0.172. The van der Waals surface area contributed by atoms with Gasteiger partial charge in [-0.15, -0.1) is 0 Å². The minimum absolute atomic E-state index is 0.0309. The Bertz CT molecular complexity index is 271. The first-order valence-electron chi connectivity index (χ1n) is 6.13. The molecule has 2 saturated heterocycles. The van der Waals surface area contributed by atoms with E-state index in [1.807, 2.05) is 0 Å². The molecule has 0 spiro atoms. The van der Waals surface area contributed by atoms with Gasteiger partial charge in [0.1, 0.15) is 6.17 Å². The largest absolute Gasteiger partial charge is 0.378 e. The number of hydrogen-bond acceptors (Lipinski definition) is 4. The van der Waals surface area contributed by atoms with Crippen molar-refractivity contribution in [3.05, 3.63) is 0 Å². The highest BCUT2D eigenvalue weighted by atomic mass is 19.1. The van der Waals surface area contributed by atoms with Crippen LogP contribution in [-0.4, -0.2) is 55.9 Å². The number of nitrogens with one attached hydrogen (secondary N) is 2. The zero-order chi connectivity index (χ0) is 12.3. The zero-order valence-electron chi connectivity index (χ0n) is 10.1. The summed E-state index contributed by atoms with van der Waals surface area (Å²) >= 11 is 0. The summed E-state index contributed by atoms with van der Waals surface area (Å²) in [5.74, 6) is 0.0309. The van der Waals surface area contributed by atoms with Crippen LogP contribution in [-0.2, 0) is 9.53 Å². The molecule has 0 aromatic rings. The summed E-state index contributed by atoms with van der Waals surface area (Å²) in [4.78, 5) is 13.6. The highest BCUT2D eigenvalue weighted by Crippen LogP contribution is 2.18. The van der Waals surface area contributed by atoms with Crippen LogP contribution in [0, 0.1) is 0 Å². The van der Waals surface area contributed by atoms with Crippen LogP contribution in [0.15, 0.2) is 0 Å². The van der Waals surface area contributed by atoms with Crippen molar-refractivity contribution in [2.45, 2.75) is 37.6 Å². The molecule has 0 aliphatic carbocycles. The Morgan fingerprint density at radius 3 is 2.94 bits per heavy atom. The average Bonchev–Trinajstić information content (AvgIpc) is 2.81. The number of alkyl halides is 1. The summed E-state index contributed by atoms with van der Waals surface area (Å²) < 4.78 is 18.7. The van der Waals surface area contributed by atoms with Gasteiger partial charge in [0.05, 0.1) is 12.6 Å². The van der Waals surface area contributed by atoms with Crippen molar-refractivity contribution >= 4 is 5.91 Å². The van der Waals surface area contributed by atoms with Gasteiger partial charge in [0.15, 0.2) is 0 Å². The summed E-state index contributed by atoms with van der Waals surface area (Å²) in [6.45, 7) is 1.64. The molecule has 6 heteroatoms. The number of hydrazine groups is 1. The van der Waals surface area contributed by atoms with Crippen molar-refractivity contribution in [2.75, 3.05) is 26.7 Å². The summed E-state index contributed by atoms with van der Waals surface area (Å²) in [5.41, 5.74) is 6.03. The smallest absolute Gasteiger partial charge is 0.224 e. The molecule has 1 amide bonds. The fourth-order valence-corrected chi connectivity index (χ4v) is 2.40. The minimum atomic E-state index is -1.06. The standard InChI is InChI=1S/C11H20FN3O2/c1-17-10-3-5-15(7-9(10)12)11(16)6-8-2-4-13-14-8/h8-10,13-14H,2-7H2,1H3/t8?,9-,10+/m1/s1. The third-order valence-electron chi connectivity index (χ3n) is 3.48. The second-order valence-electron chi connectivity index (χ2n) is 4.68. The molecule has 2 fully saturated rings. The number of likely N-dealkylation sites (tertiary alicyclic amines) is 1. The van der Waals surface area contributed by atoms with Gasteiger partial charge in [-0.1, -0.05) is 0 Å². The first-order chi connectivity index (χ1) is 8.20. The van der Waals surface area contributed by atoms with E-state index in [1.165, 1.54) is 7.11 Å². The van der Waals surface area contributed by atoms with Crippen LogP contribution in [0.3, 0.4) is 0 Å². The monoisotopic (exact) mass is 245 g/mol. The number of hydrogen-bond donors (Lipinski definition) is 2.